The van der Waals surface area contributed by atoms with Crippen LogP contribution in [0, 0.1) is 0 Å². The Hall–Kier alpha value is -2.07. The van der Waals surface area contributed by atoms with E-state index < -0.39 is 39.7 Å². The number of benzene rings is 2. The quantitative estimate of drug-likeness (QED) is 0.761. The molecular formula is C19H18N2O5S2. The first-order valence-corrected chi connectivity index (χ1v) is 11.6. The number of piperidine rings is 1. The molecule has 3 heterocycles. The molecule has 5 unspecified atom stereocenters. The minimum absolute atomic E-state index is 0.345. The van der Waals surface area contributed by atoms with Gasteiger partial charge in [0.2, 0.25) is 0 Å². The van der Waals surface area contributed by atoms with Crippen LogP contribution in [0.5, 0.6) is 0 Å². The van der Waals surface area contributed by atoms with E-state index in [-0.39, 0.29) is 5.25 Å². The van der Waals surface area contributed by atoms with Gasteiger partial charge in [0.25, 0.3) is 0 Å². The number of aliphatic imine (C=N–C) groups is 1. The lowest BCUT2D eigenvalue weighted by Gasteiger charge is -2.43. The van der Waals surface area contributed by atoms with Gasteiger partial charge in [-0.05, 0) is 30.5 Å². The fourth-order valence-corrected chi connectivity index (χ4v) is 6.39. The SMILES string of the molecule is O=S(c1ccccc1)C1CCC2OS(=O)(=O)OC3C(c4ccccc4)N=C1N23. The summed E-state index contributed by atoms with van der Waals surface area (Å²) in [6, 6.07) is 18.1. The maximum Gasteiger partial charge on any atom is 0.404 e. The van der Waals surface area contributed by atoms with Gasteiger partial charge in [0.05, 0.1) is 16.0 Å². The van der Waals surface area contributed by atoms with Crippen molar-refractivity contribution < 1.29 is 21.0 Å². The van der Waals surface area contributed by atoms with Crippen LogP contribution >= 0.6 is 0 Å². The molecule has 0 N–H and O–H groups in total. The Labute approximate surface area is 165 Å². The lowest BCUT2D eigenvalue weighted by atomic mass is 10.1. The molecule has 0 saturated carbocycles. The Morgan fingerprint density at radius 3 is 2.36 bits per heavy atom. The van der Waals surface area contributed by atoms with Gasteiger partial charge in [-0.3, -0.25) is 9.20 Å². The molecule has 7 nitrogen and oxygen atoms in total. The van der Waals surface area contributed by atoms with Gasteiger partial charge in [-0.1, -0.05) is 48.5 Å². The van der Waals surface area contributed by atoms with Crippen LogP contribution in [-0.2, 0) is 29.6 Å². The van der Waals surface area contributed by atoms with E-state index in [1.165, 1.54) is 0 Å². The van der Waals surface area contributed by atoms with Crippen LogP contribution in [0.15, 0.2) is 70.6 Å². The van der Waals surface area contributed by atoms with Crippen molar-refractivity contribution in [3.05, 3.63) is 66.2 Å². The van der Waals surface area contributed by atoms with Crippen molar-refractivity contribution in [3.63, 3.8) is 0 Å². The van der Waals surface area contributed by atoms with E-state index in [1.54, 1.807) is 4.90 Å². The Morgan fingerprint density at radius 2 is 1.64 bits per heavy atom. The van der Waals surface area contributed by atoms with Crippen LogP contribution in [0.3, 0.4) is 0 Å². The molecule has 28 heavy (non-hydrogen) atoms. The fraction of sp³-hybridized carbons (Fsp3) is 0.316. The van der Waals surface area contributed by atoms with Gasteiger partial charge in [-0.15, -0.1) is 0 Å². The largest absolute Gasteiger partial charge is 0.404 e. The van der Waals surface area contributed by atoms with Gasteiger partial charge < -0.3 is 4.90 Å². The van der Waals surface area contributed by atoms with Gasteiger partial charge in [-0.2, -0.15) is 8.42 Å². The minimum Gasteiger partial charge on any atom is -0.302 e. The second kappa shape index (κ2) is 6.77. The average molecular weight is 418 g/mol. The van der Waals surface area contributed by atoms with Crippen molar-refractivity contribution >= 4 is 27.0 Å². The number of amidine groups is 1. The number of rotatable bonds is 3. The summed E-state index contributed by atoms with van der Waals surface area (Å²) in [6.07, 6.45) is -0.550. The highest BCUT2D eigenvalue weighted by atomic mass is 32.3. The highest BCUT2D eigenvalue weighted by Crippen LogP contribution is 2.43. The summed E-state index contributed by atoms with van der Waals surface area (Å²) < 4.78 is 48.0. The molecule has 3 aliphatic rings. The summed E-state index contributed by atoms with van der Waals surface area (Å²) in [6.45, 7) is 0. The maximum atomic E-state index is 13.2. The van der Waals surface area contributed by atoms with Gasteiger partial charge in [-0.25, -0.2) is 8.37 Å². The van der Waals surface area contributed by atoms with Crippen LogP contribution < -0.4 is 0 Å². The van der Waals surface area contributed by atoms with E-state index in [0.29, 0.717) is 18.7 Å². The first-order valence-electron chi connectivity index (χ1n) is 9.01. The third-order valence-corrected chi connectivity index (χ3v) is 7.77. The summed E-state index contributed by atoms with van der Waals surface area (Å²) >= 11 is 0. The van der Waals surface area contributed by atoms with Gasteiger partial charge >= 0.3 is 10.4 Å². The Bertz CT molecular complexity index is 1040. The lowest BCUT2D eigenvalue weighted by Crippen LogP contribution is -2.59. The standard InChI is InChI=1S/C19H18N2O5S2/c22-27(14-9-5-2-6-10-14)15-11-12-16-21-18(15)20-17(13-7-3-1-4-8-13)19(21)26-28(23,24)25-16/h1-10,15-17,19H,11-12H2. The van der Waals surface area contributed by atoms with Gasteiger partial charge in [0.15, 0.2) is 12.5 Å². The van der Waals surface area contributed by atoms with Crippen molar-refractivity contribution in [1.29, 1.82) is 0 Å². The molecule has 3 aliphatic heterocycles. The third-order valence-electron chi connectivity index (χ3n) is 5.17. The number of hydrogen-bond donors (Lipinski definition) is 0. The zero-order chi connectivity index (χ0) is 19.3. The summed E-state index contributed by atoms with van der Waals surface area (Å²) in [5.74, 6) is 0.590. The fourth-order valence-electron chi connectivity index (χ4n) is 3.96. The first-order chi connectivity index (χ1) is 13.5. The molecule has 9 heteroatoms. The first kappa shape index (κ1) is 18.0. The predicted octanol–water partition coefficient (Wildman–Crippen LogP) is 2.36. The lowest BCUT2D eigenvalue weighted by molar-refractivity contribution is -0.0860. The molecule has 0 bridgehead atoms. The predicted molar refractivity (Wildman–Crippen MR) is 103 cm³/mol. The van der Waals surface area contributed by atoms with E-state index in [4.69, 9.17) is 13.4 Å². The van der Waals surface area contributed by atoms with Crippen LogP contribution in [0.4, 0.5) is 0 Å². The van der Waals surface area contributed by atoms with Crippen LogP contribution in [0.2, 0.25) is 0 Å². The van der Waals surface area contributed by atoms with E-state index in [9.17, 15) is 12.6 Å². The van der Waals surface area contributed by atoms with Crippen LogP contribution in [0.25, 0.3) is 0 Å². The maximum absolute atomic E-state index is 13.2. The van der Waals surface area contributed by atoms with E-state index in [1.807, 2.05) is 60.7 Å². The molecule has 0 aliphatic carbocycles. The van der Waals surface area contributed by atoms with Crippen molar-refractivity contribution in [2.75, 3.05) is 0 Å². The Morgan fingerprint density at radius 1 is 0.964 bits per heavy atom. The molecular weight excluding hydrogens is 400 g/mol. The molecule has 146 valence electrons. The smallest absolute Gasteiger partial charge is 0.302 e. The van der Waals surface area contributed by atoms with E-state index >= 15 is 0 Å². The molecule has 0 aromatic heterocycles. The minimum atomic E-state index is -4.11. The number of hydrogen-bond acceptors (Lipinski definition) is 7. The summed E-state index contributed by atoms with van der Waals surface area (Å²) in [7, 11) is -5.42. The normalized spacial score (nSPS) is 31.7. The molecule has 0 radical (unpaired) electrons. The molecule has 2 saturated heterocycles. The van der Waals surface area contributed by atoms with E-state index in [0.717, 1.165) is 10.5 Å². The monoisotopic (exact) mass is 418 g/mol. The van der Waals surface area contributed by atoms with Crippen molar-refractivity contribution in [2.45, 2.75) is 41.5 Å². The highest BCUT2D eigenvalue weighted by Gasteiger charge is 2.54. The van der Waals surface area contributed by atoms with Crippen molar-refractivity contribution in [1.82, 2.24) is 4.90 Å². The zero-order valence-corrected chi connectivity index (χ0v) is 16.4. The third kappa shape index (κ3) is 2.98. The van der Waals surface area contributed by atoms with E-state index in [2.05, 4.69) is 0 Å². The zero-order valence-electron chi connectivity index (χ0n) is 14.7. The van der Waals surface area contributed by atoms with Crippen molar-refractivity contribution in [2.24, 2.45) is 4.99 Å². The van der Waals surface area contributed by atoms with Gasteiger partial charge in [0.1, 0.15) is 11.9 Å². The second-order valence-corrected chi connectivity index (χ2v) is 9.71. The van der Waals surface area contributed by atoms with Crippen LogP contribution in [-0.4, -0.2) is 41.1 Å². The van der Waals surface area contributed by atoms with Crippen molar-refractivity contribution in [3.8, 4) is 0 Å². The summed E-state index contributed by atoms with van der Waals surface area (Å²) in [5, 5.41) is -0.345. The molecule has 2 fully saturated rings. The topological polar surface area (TPSA) is 85.3 Å². The van der Waals surface area contributed by atoms with Gasteiger partial charge in [0, 0.05) is 4.90 Å². The molecule has 0 amide bonds. The summed E-state index contributed by atoms with van der Waals surface area (Å²) in [4.78, 5) is 7.28. The average Bonchev–Trinajstić information content (AvgIpc) is 3.08. The number of nitrogens with zero attached hydrogens (tertiary/aromatic N) is 2. The Kier molecular flexibility index (Phi) is 4.35. The van der Waals surface area contributed by atoms with Crippen LogP contribution in [0.1, 0.15) is 24.4 Å². The Balaban J connectivity index is 1.57. The molecule has 5 rings (SSSR count). The highest BCUT2D eigenvalue weighted by molar-refractivity contribution is 7.86. The molecule has 5 atom stereocenters. The summed E-state index contributed by atoms with van der Waals surface area (Å²) in [5.41, 5.74) is 0.842. The second-order valence-electron chi connectivity index (χ2n) is 6.87. The molecule has 2 aromatic rings. The molecule has 2 aromatic carbocycles. The molecule has 0 spiro atoms.